The smallest absolute Gasteiger partial charge is 0.253 e. The van der Waals surface area contributed by atoms with Gasteiger partial charge >= 0.3 is 0 Å². The topological polar surface area (TPSA) is 67.2 Å². The maximum atomic E-state index is 12.8. The number of carbonyl (C=O) groups excluding carboxylic acids is 2. The molecule has 29 heavy (non-hydrogen) atoms. The molecule has 6 heteroatoms. The van der Waals surface area contributed by atoms with E-state index in [1.54, 1.807) is 18.1 Å². The zero-order chi connectivity index (χ0) is 20.4. The second-order valence-electron chi connectivity index (χ2n) is 7.54. The molecular weight excluding hydrogens is 364 g/mol. The Hall–Kier alpha value is -3.41. The van der Waals surface area contributed by atoms with E-state index in [1.165, 1.54) is 0 Å². The first-order chi connectivity index (χ1) is 14.0. The van der Waals surface area contributed by atoms with E-state index in [2.05, 4.69) is 10.4 Å². The third kappa shape index (κ3) is 4.37. The lowest BCUT2D eigenvalue weighted by Gasteiger charge is -2.18. The number of hydrogen-bond donors (Lipinski definition) is 1. The number of hydrogen-bond acceptors (Lipinski definition) is 3. The quantitative estimate of drug-likeness (QED) is 0.704. The third-order valence-electron chi connectivity index (χ3n) is 5.09. The number of nitrogens with one attached hydrogen (secondary N) is 1. The molecule has 0 aliphatic heterocycles. The largest absolute Gasteiger partial charge is 0.349 e. The van der Waals surface area contributed by atoms with Crippen molar-refractivity contribution in [3.8, 4) is 5.69 Å². The Morgan fingerprint density at radius 1 is 1.03 bits per heavy atom. The van der Waals surface area contributed by atoms with E-state index in [1.807, 2.05) is 66.2 Å². The van der Waals surface area contributed by atoms with Crippen molar-refractivity contribution in [3.05, 3.63) is 83.2 Å². The average Bonchev–Trinajstić information content (AvgIpc) is 3.45. The monoisotopic (exact) mass is 388 g/mol. The molecule has 1 aromatic heterocycles. The van der Waals surface area contributed by atoms with Gasteiger partial charge in [0.1, 0.15) is 0 Å². The second-order valence-corrected chi connectivity index (χ2v) is 7.54. The van der Waals surface area contributed by atoms with Gasteiger partial charge in [-0.2, -0.15) is 5.10 Å². The summed E-state index contributed by atoms with van der Waals surface area (Å²) in [5.41, 5.74) is 4.22. The van der Waals surface area contributed by atoms with E-state index < -0.39 is 0 Å². The maximum absolute atomic E-state index is 12.8. The molecule has 1 aliphatic rings. The molecule has 0 atom stereocenters. The fourth-order valence-electron chi connectivity index (χ4n) is 3.21. The number of nitrogens with zero attached hydrogens (tertiary/aromatic N) is 3. The number of carbonyl (C=O) groups is 2. The van der Waals surface area contributed by atoms with Crippen molar-refractivity contribution in [1.29, 1.82) is 0 Å². The third-order valence-corrected chi connectivity index (χ3v) is 5.09. The Morgan fingerprint density at radius 3 is 2.28 bits per heavy atom. The maximum Gasteiger partial charge on any atom is 0.253 e. The molecule has 0 radical (unpaired) electrons. The lowest BCUT2D eigenvalue weighted by molar-refractivity contribution is 0.0784. The van der Waals surface area contributed by atoms with Gasteiger partial charge in [0.2, 0.25) is 0 Å². The molecule has 0 saturated heterocycles. The van der Waals surface area contributed by atoms with Crippen LogP contribution in [0.25, 0.3) is 5.69 Å². The van der Waals surface area contributed by atoms with Crippen molar-refractivity contribution >= 4 is 11.8 Å². The highest BCUT2D eigenvalue weighted by atomic mass is 16.2. The standard InChI is InChI=1S/C23H24N4O2/c1-16-13-14-24-27(16)21-11-7-19(8-12-21)23(29)26(2)15-17-3-5-18(6-4-17)22(28)25-20-9-10-20/h3-8,11-14,20H,9-10,15H2,1-2H3,(H,25,28). The molecule has 2 amide bonds. The fourth-order valence-corrected chi connectivity index (χ4v) is 3.21. The predicted molar refractivity (Wildman–Crippen MR) is 111 cm³/mol. The molecule has 3 aromatic rings. The molecule has 148 valence electrons. The van der Waals surface area contributed by atoms with Gasteiger partial charge in [-0.25, -0.2) is 4.68 Å². The lowest BCUT2D eigenvalue weighted by atomic mass is 10.1. The molecule has 0 unspecified atom stereocenters. The van der Waals surface area contributed by atoms with Crippen LogP contribution in [0.4, 0.5) is 0 Å². The van der Waals surface area contributed by atoms with Crippen LogP contribution < -0.4 is 5.32 Å². The summed E-state index contributed by atoms with van der Waals surface area (Å²) in [5.74, 6) is -0.0831. The van der Waals surface area contributed by atoms with Crippen LogP contribution >= 0.6 is 0 Å². The van der Waals surface area contributed by atoms with Crippen LogP contribution in [0.3, 0.4) is 0 Å². The molecule has 6 nitrogen and oxygen atoms in total. The first-order valence-electron chi connectivity index (χ1n) is 9.77. The summed E-state index contributed by atoms with van der Waals surface area (Å²) in [5, 5.41) is 7.26. The molecule has 1 heterocycles. The second kappa shape index (κ2) is 7.91. The van der Waals surface area contributed by atoms with E-state index in [-0.39, 0.29) is 11.8 Å². The first-order valence-corrected chi connectivity index (χ1v) is 9.77. The summed E-state index contributed by atoms with van der Waals surface area (Å²) in [6.07, 6.45) is 3.89. The first kappa shape index (κ1) is 18.9. The Labute approximate surface area is 170 Å². The summed E-state index contributed by atoms with van der Waals surface area (Å²) in [4.78, 5) is 26.5. The minimum atomic E-state index is -0.0516. The highest BCUT2D eigenvalue weighted by Crippen LogP contribution is 2.19. The minimum absolute atomic E-state index is 0.0315. The van der Waals surface area contributed by atoms with E-state index in [4.69, 9.17) is 0 Å². The Morgan fingerprint density at radius 2 is 1.69 bits per heavy atom. The van der Waals surface area contributed by atoms with Gasteiger partial charge < -0.3 is 10.2 Å². The molecular formula is C23H24N4O2. The summed E-state index contributed by atoms with van der Waals surface area (Å²) < 4.78 is 1.83. The number of amides is 2. The molecule has 0 spiro atoms. The van der Waals surface area contributed by atoms with Gasteiger partial charge in [-0.05, 0) is 67.8 Å². The Balaban J connectivity index is 1.38. The van der Waals surface area contributed by atoms with Gasteiger partial charge in [0, 0.05) is 42.7 Å². The van der Waals surface area contributed by atoms with Gasteiger partial charge in [0.05, 0.1) is 5.69 Å². The molecule has 4 rings (SSSR count). The molecule has 1 aliphatic carbocycles. The van der Waals surface area contributed by atoms with Crippen LogP contribution in [0.1, 0.15) is 44.8 Å². The van der Waals surface area contributed by atoms with Crippen molar-refractivity contribution in [3.63, 3.8) is 0 Å². The Bertz CT molecular complexity index is 1020. The predicted octanol–water partition coefficient (Wildman–Crippen LogP) is 3.35. The Kier molecular flexibility index (Phi) is 5.16. The highest BCUT2D eigenvalue weighted by molar-refractivity contribution is 5.95. The molecule has 0 bridgehead atoms. The van der Waals surface area contributed by atoms with Gasteiger partial charge in [-0.15, -0.1) is 0 Å². The average molecular weight is 388 g/mol. The highest BCUT2D eigenvalue weighted by Gasteiger charge is 2.23. The van der Waals surface area contributed by atoms with Crippen molar-refractivity contribution in [1.82, 2.24) is 20.0 Å². The van der Waals surface area contributed by atoms with E-state index in [9.17, 15) is 9.59 Å². The summed E-state index contributed by atoms with van der Waals surface area (Å²) >= 11 is 0. The fraction of sp³-hybridized carbons (Fsp3) is 0.261. The van der Waals surface area contributed by atoms with E-state index in [0.717, 1.165) is 29.8 Å². The summed E-state index contributed by atoms with van der Waals surface area (Å²) in [6, 6.07) is 17.1. The van der Waals surface area contributed by atoms with E-state index >= 15 is 0 Å². The van der Waals surface area contributed by atoms with Gasteiger partial charge in [0.15, 0.2) is 0 Å². The SMILES string of the molecule is Cc1ccnn1-c1ccc(C(=O)N(C)Cc2ccc(C(=O)NC3CC3)cc2)cc1. The minimum Gasteiger partial charge on any atom is -0.349 e. The summed E-state index contributed by atoms with van der Waals surface area (Å²) in [6.45, 7) is 2.46. The van der Waals surface area contributed by atoms with E-state index in [0.29, 0.717) is 23.7 Å². The van der Waals surface area contributed by atoms with Crippen LogP contribution in [-0.4, -0.2) is 39.6 Å². The molecule has 1 saturated carbocycles. The summed E-state index contributed by atoms with van der Waals surface area (Å²) in [7, 11) is 1.78. The lowest BCUT2D eigenvalue weighted by Crippen LogP contribution is -2.27. The van der Waals surface area contributed by atoms with Crippen LogP contribution in [-0.2, 0) is 6.54 Å². The molecule has 1 N–H and O–H groups in total. The number of aryl methyl sites for hydroxylation is 1. The number of benzene rings is 2. The molecule has 1 fully saturated rings. The van der Waals surface area contributed by atoms with Gasteiger partial charge in [-0.3, -0.25) is 9.59 Å². The van der Waals surface area contributed by atoms with Crippen molar-refractivity contribution in [2.24, 2.45) is 0 Å². The normalized spacial score (nSPS) is 13.2. The number of aromatic nitrogens is 2. The van der Waals surface area contributed by atoms with Crippen molar-refractivity contribution in [2.75, 3.05) is 7.05 Å². The van der Waals surface area contributed by atoms with Gasteiger partial charge in [0.25, 0.3) is 11.8 Å². The van der Waals surface area contributed by atoms with Crippen LogP contribution in [0.2, 0.25) is 0 Å². The zero-order valence-corrected chi connectivity index (χ0v) is 16.6. The van der Waals surface area contributed by atoms with Crippen LogP contribution in [0.15, 0.2) is 60.8 Å². The van der Waals surface area contributed by atoms with Gasteiger partial charge in [-0.1, -0.05) is 12.1 Å². The number of rotatable bonds is 6. The van der Waals surface area contributed by atoms with Crippen LogP contribution in [0.5, 0.6) is 0 Å². The van der Waals surface area contributed by atoms with Crippen molar-refractivity contribution < 1.29 is 9.59 Å². The van der Waals surface area contributed by atoms with Crippen molar-refractivity contribution in [2.45, 2.75) is 32.4 Å². The molecule has 2 aromatic carbocycles. The van der Waals surface area contributed by atoms with Crippen LogP contribution in [0, 0.1) is 6.92 Å². The zero-order valence-electron chi connectivity index (χ0n) is 16.6.